The Bertz CT molecular complexity index is 608. The topological polar surface area (TPSA) is 63.7 Å². The molecule has 98 valence electrons. The summed E-state index contributed by atoms with van der Waals surface area (Å²) in [5, 5.41) is 17.8. The highest BCUT2D eigenvalue weighted by Crippen LogP contribution is 2.24. The molecule has 0 N–H and O–H groups in total. The van der Waals surface area contributed by atoms with Gasteiger partial charge in [0.25, 0.3) is 0 Å². The average molecular weight is 295 g/mol. The summed E-state index contributed by atoms with van der Waals surface area (Å²) in [7, 11) is 1.84. The van der Waals surface area contributed by atoms with Gasteiger partial charge in [0.1, 0.15) is 12.4 Å². The van der Waals surface area contributed by atoms with Crippen LogP contribution in [0, 0.1) is 11.3 Å². The zero-order chi connectivity index (χ0) is 13.7. The fourth-order valence-corrected chi connectivity index (χ4v) is 2.18. The fraction of sp³-hybridized carbons (Fsp3) is 0.250. The van der Waals surface area contributed by atoms with Gasteiger partial charge in [0.05, 0.1) is 16.8 Å². The first-order valence-electron chi connectivity index (χ1n) is 5.47. The Kier molecular flexibility index (Phi) is 4.66. The van der Waals surface area contributed by atoms with Crippen molar-refractivity contribution in [3.63, 3.8) is 0 Å². The normalized spacial score (nSPS) is 10.2. The summed E-state index contributed by atoms with van der Waals surface area (Å²) >= 11 is 7.34. The molecule has 0 saturated heterocycles. The van der Waals surface area contributed by atoms with Crippen molar-refractivity contribution >= 4 is 23.4 Å². The van der Waals surface area contributed by atoms with Gasteiger partial charge >= 0.3 is 0 Å². The van der Waals surface area contributed by atoms with Crippen LogP contribution in [0.2, 0.25) is 5.02 Å². The average Bonchev–Trinajstić information content (AvgIpc) is 2.76. The molecule has 0 aliphatic rings. The highest BCUT2D eigenvalue weighted by Gasteiger charge is 2.10. The van der Waals surface area contributed by atoms with Crippen molar-refractivity contribution in [3.8, 4) is 11.8 Å². The third kappa shape index (κ3) is 3.40. The molecule has 0 bridgehead atoms. The van der Waals surface area contributed by atoms with E-state index in [-0.39, 0.29) is 6.61 Å². The van der Waals surface area contributed by atoms with E-state index < -0.39 is 0 Å². The second-order valence-corrected chi connectivity index (χ2v) is 4.97. The number of benzene rings is 1. The van der Waals surface area contributed by atoms with Crippen LogP contribution in [-0.4, -0.2) is 20.5 Å². The molecule has 0 amide bonds. The zero-order valence-electron chi connectivity index (χ0n) is 10.2. The van der Waals surface area contributed by atoms with Crippen molar-refractivity contribution in [3.05, 3.63) is 35.1 Å². The van der Waals surface area contributed by atoms with Crippen molar-refractivity contribution < 1.29 is 4.74 Å². The number of aromatic nitrogens is 3. The van der Waals surface area contributed by atoms with Gasteiger partial charge in [-0.15, -0.1) is 10.2 Å². The Labute approximate surface area is 120 Å². The summed E-state index contributed by atoms with van der Waals surface area (Å²) in [6.07, 6.45) is 0. The largest absolute Gasteiger partial charge is 0.484 e. The number of rotatable bonds is 5. The lowest BCUT2D eigenvalue weighted by molar-refractivity contribution is 0.290. The first-order valence-corrected chi connectivity index (χ1v) is 6.84. The molecular formula is C12H11ClN4OS. The van der Waals surface area contributed by atoms with E-state index in [0.29, 0.717) is 27.5 Å². The van der Waals surface area contributed by atoms with Crippen molar-refractivity contribution in [2.75, 3.05) is 5.75 Å². The highest BCUT2D eigenvalue weighted by atomic mass is 35.5. The van der Waals surface area contributed by atoms with Crippen LogP contribution in [0.4, 0.5) is 0 Å². The molecule has 1 aromatic carbocycles. The fourth-order valence-electron chi connectivity index (χ4n) is 1.40. The molecule has 1 aromatic heterocycles. The Hall–Kier alpha value is -1.71. The number of thioether (sulfide) groups is 1. The second-order valence-electron chi connectivity index (χ2n) is 3.62. The number of nitriles is 1. The van der Waals surface area contributed by atoms with Crippen LogP contribution >= 0.6 is 23.4 Å². The van der Waals surface area contributed by atoms with Crippen LogP contribution in [0.5, 0.6) is 5.75 Å². The van der Waals surface area contributed by atoms with Crippen molar-refractivity contribution in [2.24, 2.45) is 7.05 Å². The minimum atomic E-state index is 0.278. The highest BCUT2D eigenvalue weighted by molar-refractivity contribution is 7.99. The van der Waals surface area contributed by atoms with Crippen LogP contribution in [0.25, 0.3) is 0 Å². The zero-order valence-corrected chi connectivity index (χ0v) is 11.8. The van der Waals surface area contributed by atoms with E-state index in [1.165, 1.54) is 11.8 Å². The lowest BCUT2D eigenvalue weighted by Gasteiger charge is -2.07. The minimum absolute atomic E-state index is 0.278. The summed E-state index contributed by atoms with van der Waals surface area (Å²) < 4.78 is 7.40. The molecule has 0 aliphatic heterocycles. The third-order valence-corrected chi connectivity index (χ3v) is 3.58. The van der Waals surface area contributed by atoms with Crippen molar-refractivity contribution in [1.82, 2.24) is 14.8 Å². The van der Waals surface area contributed by atoms with E-state index in [2.05, 4.69) is 16.3 Å². The number of nitrogens with zero attached hydrogens (tertiary/aromatic N) is 4. The molecule has 0 atom stereocenters. The molecule has 1 heterocycles. The first kappa shape index (κ1) is 13.7. The maximum absolute atomic E-state index is 8.54. The number of para-hydroxylation sites is 1. The van der Waals surface area contributed by atoms with Crippen LogP contribution in [0.15, 0.2) is 29.4 Å². The van der Waals surface area contributed by atoms with Gasteiger partial charge in [0.2, 0.25) is 0 Å². The quantitative estimate of drug-likeness (QED) is 0.793. The number of halogens is 1. The molecule has 0 radical (unpaired) electrons. The lowest BCUT2D eigenvalue weighted by atomic mass is 10.3. The molecular weight excluding hydrogens is 284 g/mol. The summed E-state index contributed by atoms with van der Waals surface area (Å²) in [6, 6.07) is 9.31. The van der Waals surface area contributed by atoms with Gasteiger partial charge in [0, 0.05) is 7.05 Å². The summed E-state index contributed by atoms with van der Waals surface area (Å²) in [5.41, 5.74) is 0. The molecule has 0 unspecified atom stereocenters. The summed E-state index contributed by atoms with van der Waals surface area (Å²) in [4.78, 5) is 0. The van der Waals surface area contributed by atoms with Crippen molar-refractivity contribution in [1.29, 1.82) is 5.26 Å². The standard InChI is InChI=1S/C12H11ClN4OS/c1-17-11(15-16-12(17)19-7-6-14)8-18-10-5-3-2-4-9(10)13/h2-5H,7-8H2,1H3. The van der Waals surface area contributed by atoms with E-state index in [0.717, 1.165) is 0 Å². The van der Waals surface area contributed by atoms with Crippen LogP contribution in [-0.2, 0) is 13.7 Å². The van der Waals surface area contributed by atoms with Gasteiger partial charge in [-0.05, 0) is 12.1 Å². The molecule has 0 fully saturated rings. The molecule has 2 aromatic rings. The smallest absolute Gasteiger partial charge is 0.192 e. The maximum atomic E-state index is 8.54. The lowest BCUT2D eigenvalue weighted by Crippen LogP contribution is -2.04. The molecule has 0 aliphatic carbocycles. The molecule has 7 heteroatoms. The van der Waals surface area contributed by atoms with Gasteiger partial charge in [-0.2, -0.15) is 5.26 Å². The van der Waals surface area contributed by atoms with Crippen LogP contribution in [0.1, 0.15) is 5.82 Å². The van der Waals surface area contributed by atoms with E-state index in [4.69, 9.17) is 21.6 Å². The Morgan fingerprint density at radius 2 is 2.21 bits per heavy atom. The summed E-state index contributed by atoms with van der Waals surface area (Å²) in [6.45, 7) is 0.278. The SMILES string of the molecule is Cn1c(COc2ccccc2Cl)nnc1SCC#N. The van der Waals surface area contributed by atoms with Crippen LogP contribution in [0.3, 0.4) is 0 Å². The monoisotopic (exact) mass is 294 g/mol. The van der Waals surface area contributed by atoms with Gasteiger partial charge in [-0.3, -0.25) is 0 Å². The van der Waals surface area contributed by atoms with E-state index in [9.17, 15) is 0 Å². The predicted octanol–water partition coefficient (Wildman–Crippen LogP) is 2.66. The van der Waals surface area contributed by atoms with Gasteiger partial charge in [-0.25, -0.2) is 0 Å². The Morgan fingerprint density at radius 3 is 2.95 bits per heavy atom. The van der Waals surface area contributed by atoms with Crippen molar-refractivity contribution in [2.45, 2.75) is 11.8 Å². The molecule has 5 nitrogen and oxygen atoms in total. The van der Waals surface area contributed by atoms with Crippen LogP contribution < -0.4 is 4.74 Å². The summed E-state index contributed by atoms with van der Waals surface area (Å²) in [5.74, 6) is 1.64. The Balaban J connectivity index is 2.03. The van der Waals surface area contributed by atoms with E-state index in [1.54, 1.807) is 16.7 Å². The number of ether oxygens (including phenoxy) is 1. The van der Waals surface area contributed by atoms with E-state index >= 15 is 0 Å². The molecule has 19 heavy (non-hydrogen) atoms. The van der Waals surface area contributed by atoms with E-state index in [1.807, 2.05) is 19.2 Å². The molecule has 2 rings (SSSR count). The Morgan fingerprint density at radius 1 is 1.42 bits per heavy atom. The van der Waals surface area contributed by atoms with Gasteiger partial charge in [-0.1, -0.05) is 35.5 Å². The number of hydrogen-bond donors (Lipinski definition) is 0. The van der Waals surface area contributed by atoms with Gasteiger partial charge in [0.15, 0.2) is 11.0 Å². The minimum Gasteiger partial charge on any atom is -0.484 e. The third-order valence-electron chi connectivity index (χ3n) is 2.38. The number of hydrogen-bond acceptors (Lipinski definition) is 5. The predicted molar refractivity (Wildman–Crippen MR) is 73.1 cm³/mol. The van der Waals surface area contributed by atoms with Gasteiger partial charge < -0.3 is 9.30 Å². The molecule has 0 saturated carbocycles. The maximum Gasteiger partial charge on any atom is 0.192 e. The second kappa shape index (κ2) is 6.45. The molecule has 0 spiro atoms. The first-order chi connectivity index (χ1) is 9.22.